The van der Waals surface area contributed by atoms with Crippen LogP contribution in [0.5, 0.6) is 0 Å². The van der Waals surface area contributed by atoms with Crippen LogP contribution in [-0.4, -0.2) is 18.4 Å². The molecule has 2 aromatic carbocycles. The SMILES string of the molecule is CC(Nc1ncnc2cccc(F)c12)c1cccc(S(N)(=O)=O)c1. The molecule has 24 heavy (non-hydrogen) atoms. The van der Waals surface area contributed by atoms with E-state index in [1.165, 1.54) is 24.5 Å². The van der Waals surface area contributed by atoms with E-state index in [0.717, 1.165) is 0 Å². The van der Waals surface area contributed by atoms with Crippen molar-refractivity contribution in [1.82, 2.24) is 9.97 Å². The van der Waals surface area contributed by atoms with Gasteiger partial charge in [0.05, 0.1) is 21.8 Å². The number of halogens is 1. The predicted octanol–water partition coefficient (Wildman–Crippen LogP) is 2.59. The van der Waals surface area contributed by atoms with Crippen LogP contribution in [-0.2, 0) is 10.0 Å². The molecule has 0 amide bonds. The molecule has 1 atom stereocenters. The first kappa shape index (κ1) is 16.3. The Morgan fingerprint density at radius 1 is 1.17 bits per heavy atom. The topological polar surface area (TPSA) is 98.0 Å². The molecule has 0 aliphatic heterocycles. The standard InChI is InChI=1S/C16H15FN4O2S/c1-10(11-4-2-5-12(8-11)24(18,22)23)21-16-15-13(17)6-3-7-14(15)19-9-20-16/h2-10H,1H3,(H2,18,22,23)(H,19,20,21). The van der Waals surface area contributed by atoms with Gasteiger partial charge in [-0.25, -0.2) is 27.9 Å². The van der Waals surface area contributed by atoms with Gasteiger partial charge in [0.15, 0.2) is 0 Å². The number of nitrogens with zero attached hydrogens (tertiary/aromatic N) is 2. The molecule has 0 bridgehead atoms. The van der Waals surface area contributed by atoms with Crippen molar-refractivity contribution in [3.63, 3.8) is 0 Å². The van der Waals surface area contributed by atoms with Crippen molar-refractivity contribution in [2.75, 3.05) is 5.32 Å². The third-order valence-corrected chi connectivity index (χ3v) is 4.56. The van der Waals surface area contributed by atoms with Crippen LogP contribution in [0.2, 0.25) is 0 Å². The summed E-state index contributed by atoms with van der Waals surface area (Å²) in [6, 6.07) is 10.5. The summed E-state index contributed by atoms with van der Waals surface area (Å²) in [4.78, 5) is 8.16. The first-order chi connectivity index (χ1) is 11.4. The van der Waals surface area contributed by atoms with E-state index in [1.54, 1.807) is 24.3 Å². The summed E-state index contributed by atoms with van der Waals surface area (Å²) in [5.41, 5.74) is 1.17. The average molecular weight is 346 g/mol. The second-order valence-electron chi connectivity index (χ2n) is 5.34. The summed E-state index contributed by atoms with van der Waals surface area (Å²) >= 11 is 0. The highest BCUT2D eigenvalue weighted by Gasteiger charge is 2.14. The van der Waals surface area contributed by atoms with Gasteiger partial charge in [0, 0.05) is 0 Å². The Labute approximate surface area is 138 Å². The fraction of sp³-hybridized carbons (Fsp3) is 0.125. The molecule has 1 heterocycles. The molecule has 0 aliphatic carbocycles. The molecule has 3 rings (SSSR count). The zero-order valence-corrected chi connectivity index (χ0v) is 13.6. The number of primary sulfonamides is 1. The lowest BCUT2D eigenvalue weighted by Crippen LogP contribution is -2.14. The maximum atomic E-state index is 14.1. The maximum absolute atomic E-state index is 14.1. The van der Waals surface area contributed by atoms with E-state index in [4.69, 9.17) is 5.14 Å². The minimum Gasteiger partial charge on any atom is -0.363 e. The van der Waals surface area contributed by atoms with E-state index in [9.17, 15) is 12.8 Å². The lowest BCUT2D eigenvalue weighted by atomic mass is 10.1. The van der Waals surface area contributed by atoms with Crippen molar-refractivity contribution in [2.24, 2.45) is 5.14 Å². The first-order valence-corrected chi connectivity index (χ1v) is 8.69. The fourth-order valence-corrected chi connectivity index (χ4v) is 3.00. The molecule has 3 aromatic rings. The highest BCUT2D eigenvalue weighted by atomic mass is 32.2. The van der Waals surface area contributed by atoms with Gasteiger partial charge in [0.1, 0.15) is 18.0 Å². The number of hydrogen-bond donors (Lipinski definition) is 2. The van der Waals surface area contributed by atoms with Crippen LogP contribution >= 0.6 is 0 Å². The maximum Gasteiger partial charge on any atom is 0.238 e. The molecule has 6 nitrogen and oxygen atoms in total. The molecule has 0 saturated heterocycles. The van der Waals surface area contributed by atoms with Gasteiger partial charge in [0.2, 0.25) is 10.0 Å². The van der Waals surface area contributed by atoms with Gasteiger partial charge in [-0.3, -0.25) is 0 Å². The molecule has 8 heteroatoms. The Morgan fingerprint density at radius 3 is 2.67 bits per heavy atom. The normalized spacial score (nSPS) is 13.0. The lowest BCUT2D eigenvalue weighted by molar-refractivity contribution is 0.597. The third-order valence-electron chi connectivity index (χ3n) is 3.65. The number of nitrogens with one attached hydrogen (secondary N) is 1. The van der Waals surface area contributed by atoms with E-state index in [1.807, 2.05) is 6.92 Å². The van der Waals surface area contributed by atoms with Gasteiger partial charge < -0.3 is 5.32 Å². The highest BCUT2D eigenvalue weighted by Crippen LogP contribution is 2.26. The van der Waals surface area contributed by atoms with Crippen LogP contribution in [0.4, 0.5) is 10.2 Å². The van der Waals surface area contributed by atoms with Crippen molar-refractivity contribution in [1.29, 1.82) is 0 Å². The monoisotopic (exact) mass is 346 g/mol. The molecule has 0 aliphatic rings. The molecule has 0 radical (unpaired) electrons. The summed E-state index contributed by atoms with van der Waals surface area (Å²) in [5, 5.41) is 8.53. The molecule has 3 N–H and O–H groups in total. The van der Waals surface area contributed by atoms with Crippen molar-refractivity contribution < 1.29 is 12.8 Å². The third kappa shape index (κ3) is 3.19. The van der Waals surface area contributed by atoms with Crippen LogP contribution in [0, 0.1) is 5.82 Å². The minimum absolute atomic E-state index is 0.0207. The minimum atomic E-state index is -3.79. The Bertz CT molecular complexity index is 1000. The summed E-state index contributed by atoms with van der Waals surface area (Å²) in [5.74, 6) is -0.0901. The number of fused-ring (bicyclic) bond motifs is 1. The smallest absolute Gasteiger partial charge is 0.238 e. The second-order valence-corrected chi connectivity index (χ2v) is 6.90. The van der Waals surface area contributed by atoms with E-state index < -0.39 is 15.8 Å². The number of aromatic nitrogens is 2. The van der Waals surface area contributed by atoms with Gasteiger partial charge in [0.25, 0.3) is 0 Å². The molecular formula is C16H15FN4O2S. The van der Waals surface area contributed by atoms with E-state index >= 15 is 0 Å². The quantitative estimate of drug-likeness (QED) is 0.757. The van der Waals surface area contributed by atoms with E-state index in [-0.39, 0.29) is 16.3 Å². The zero-order valence-electron chi connectivity index (χ0n) is 12.8. The largest absolute Gasteiger partial charge is 0.363 e. The number of nitrogens with two attached hydrogens (primary N) is 1. The average Bonchev–Trinajstić information content (AvgIpc) is 2.54. The highest BCUT2D eigenvalue weighted by molar-refractivity contribution is 7.89. The first-order valence-electron chi connectivity index (χ1n) is 7.15. The number of benzene rings is 2. The molecule has 1 aromatic heterocycles. The van der Waals surface area contributed by atoms with Crippen LogP contribution in [0.15, 0.2) is 53.7 Å². The van der Waals surface area contributed by atoms with Gasteiger partial charge in [-0.15, -0.1) is 0 Å². The predicted molar refractivity (Wildman–Crippen MR) is 89.3 cm³/mol. The van der Waals surface area contributed by atoms with Crippen molar-refractivity contribution in [3.05, 3.63) is 60.2 Å². The molecule has 0 saturated carbocycles. The molecule has 1 unspecified atom stereocenters. The summed E-state index contributed by atoms with van der Waals surface area (Å²) < 4.78 is 37.0. The molecule has 124 valence electrons. The Morgan fingerprint density at radius 2 is 1.92 bits per heavy atom. The lowest BCUT2D eigenvalue weighted by Gasteiger charge is -2.17. The van der Waals surface area contributed by atoms with Gasteiger partial charge in [-0.1, -0.05) is 18.2 Å². The van der Waals surface area contributed by atoms with Crippen LogP contribution in [0.25, 0.3) is 10.9 Å². The molecular weight excluding hydrogens is 331 g/mol. The van der Waals surface area contributed by atoms with Crippen molar-refractivity contribution >= 4 is 26.7 Å². The second kappa shape index (κ2) is 6.14. The summed E-state index contributed by atoms with van der Waals surface area (Å²) in [6.07, 6.45) is 1.34. The Hall–Kier alpha value is -2.58. The van der Waals surface area contributed by atoms with Crippen LogP contribution in [0.3, 0.4) is 0 Å². The fourth-order valence-electron chi connectivity index (χ4n) is 2.43. The Balaban J connectivity index is 1.98. The number of anilines is 1. The van der Waals surface area contributed by atoms with Gasteiger partial charge in [-0.05, 0) is 36.8 Å². The summed E-state index contributed by atoms with van der Waals surface area (Å²) in [7, 11) is -3.79. The number of rotatable bonds is 4. The van der Waals surface area contributed by atoms with Gasteiger partial charge in [-0.2, -0.15) is 0 Å². The molecule has 0 fully saturated rings. The Kier molecular flexibility index (Phi) is 4.16. The van der Waals surface area contributed by atoms with Crippen molar-refractivity contribution in [2.45, 2.75) is 17.9 Å². The number of hydrogen-bond acceptors (Lipinski definition) is 5. The van der Waals surface area contributed by atoms with E-state index in [2.05, 4.69) is 15.3 Å². The van der Waals surface area contributed by atoms with E-state index in [0.29, 0.717) is 16.9 Å². The molecule has 0 spiro atoms. The number of sulfonamides is 1. The van der Waals surface area contributed by atoms with Crippen LogP contribution in [0.1, 0.15) is 18.5 Å². The van der Waals surface area contributed by atoms with Crippen LogP contribution < -0.4 is 10.5 Å². The van der Waals surface area contributed by atoms with Gasteiger partial charge >= 0.3 is 0 Å². The summed E-state index contributed by atoms with van der Waals surface area (Å²) in [6.45, 7) is 1.82. The zero-order chi connectivity index (χ0) is 17.3. The van der Waals surface area contributed by atoms with Crippen molar-refractivity contribution in [3.8, 4) is 0 Å².